The fraction of sp³-hybridized carbons (Fsp3) is 0.300. The predicted molar refractivity (Wildman–Crippen MR) is 62.6 cm³/mol. The minimum atomic E-state index is -3.73. The molecule has 0 aliphatic heterocycles. The fourth-order valence-electron chi connectivity index (χ4n) is 1.19. The maximum atomic E-state index is 12.9. The van der Waals surface area contributed by atoms with Gasteiger partial charge < -0.3 is 9.84 Å². The summed E-state index contributed by atoms with van der Waals surface area (Å²) in [5.74, 6) is -2.49. The first kappa shape index (κ1) is 14.4. The van der Waals surface area contributed by atoms with Crippen LogP contribution in [0, 0.1) is 5.82 Å². The third-order valence-corrected chi connectivity index (χ3v) is 3.27. The van der Waals surface area contributed by atoms with Gasteiger partial charge in [-0.3, -0.25) is 4.72 Å². The molecule has 0 amide bonds. The molecule has 0 aliphatic carbocycles. The molecule has 0 heterocycles. The van der Waals surface area contributed by atoms with Crippen molar-refractivity contribution in [3.63, 3.8) is 0 Å². The van der Waals surface area contributed by atoms with Crippen LogP contribution in [0.2, 0.25) is 0 Å². The first-order valence-electron chi connectivity index (χ1n) is 4.88. The quantitative estimate of drug-likeness (QED) is 0.806. The van der Waals surface area contributed by atoms with Crippen LogP contribution < -0.4 is 4.72 Å². The smallest absolute Gasteiger partial charge is 0.337 e. The lowest BCUT2D eigenvalue weighted by Gasteiger charge is -2.10. The van der Waals surface area contributed by atoms with Crippen molar-refractivity contribution < 1.29 is 27.4 Å². The summed E-state index contributed by atoms with van der Waals surface area (Å²) in [6, 6.07) is 2.78. The van der Waals surface area contributed by atoms with Gasteiger partial charge in [0.1, 0.15) is 5.82 Å². The van der Waals surface area contributed by atoms with Crippen molar-refractivity contribution >= 4 is 21.7 Å². The van der Waals surface area contributed by atoms with Gasteiger partial charge in [0.25, 0.3) is 0 Å². The van der Waals surface area contributed by atoms with Crippen LogP contribution in [0.1, 0.15) is 10.4 Å². The third-order valence-electron chi connectivity index (χ3n) is 2.03. The van der Waals surface area contributed by atoms with E-state index in [-0.39, 0.29) is 18.0 Å². The summed E-state index contributed by atoms with van der Waals surface area (Å²) in [6.45, 7) is -0.0288. The zero-order valence-corrected chi connectivity index (χ0v) is 10.3. The van der Waals surface area contributed by atoms with Crippen molar-refractivity contribution in [2.45, 2.75) is 0 Å². The molecule has 6 nitrogen and oxygen atoms in total. The number of carboxylic acid groups (broad SMARTS) is 1. The highest BCUT2D eigenvalue weighted by Crippen LogP contribution is 2.18. The molecule has 0 aliphatic rings. The first-order chi connectivity index (χ1) is 8.35. The maximum absolute atomic E-state index is 12.9. The van der Waals surface area contributed by atoms with E-state index in [1.807, 2.05) is 0 Å². The Morgan fingerprint density at radius 2 is 2.17 bits per heavy atom. The number of rotatable bonds is 6. The number of halogens is 1. The van der Waals surface area contributed by atoms with Gasteiger partial charge in [0.2, 0.25) is 10.0 Å². The van der Waals surface area contributed by atoms with E-state index in [0.29, 0.717) is 0 Å². The van der Waals surface area contributed by atoms with E-state index in [2.05, 4.69) is 9.46 Å². The van der Waals surface area contributed by atoms with Gasteiger partial charge in [-0.15, -0.1) is 0 Å². The van der Waals surface area contributed by atoms with Crippen LogP contribution in [-0.2, 0) is 14.8 Å². The summed E-state index contributed by atoms with van der Waals surface area (Å²) >= 11 is 0. The molecule has 2 N–H and O–H groups in total. The van der Waals surface area contributed by atoms with Crippen molar-refractivity contribution in [2.24, 2.45) is 0 Å². The molecule has 0 atom stereocenters. The molecule has 0 bridgehead atoms. The molecular formula is C10H12FNO5S. The molecule has 0 radical (unpaired) electrons. The second-order valence-electron chi connectivity index (χ2n) is 3.41. The van der Waals surface area contributed by atoms with Gasteiger partial charge in [0.15, 0.2) is 0 Å². The highest BCUT2D eigenvalue weighted by atomic mass is 32.2. The molecule has 1 rings (SSSR count). The van der Waals surface area contributed by atoms with Crippen molar-refractivity contribution in [1.82, 2.24) is 0 Å². The fourth-order valence-corrected chi connectivity index (χ4v) is 2.20. The second-order valence-corrected chi connectivity index (χ2v) is 5.25. The number of benzene rings is 1. The minimum Gasteiger partial charge on any atom is -0.478 e. The SMILES string of the molecule is COCCS(=O)(=O)Nc1ccc(F)cc1C(=O)O. The number of hydrogen-bond donors (Lipinski definition) is 2. The minimum absolute atomic E-state index is 0.0288. The molecule has 1 aromatic rings. The number of carboxylic acids is 1. The Hall–Kier alpha value is -1.67. The second kappa shape index (κ2) is 5.78. The Morgan fingerprint density at radius 3 is 2.72 bits per heavy atom. The van der Waals surface area contributed by atoms with Crippen LogP contribution in [-0.4, -0.2) is 39.0 Å². The maximum Gasteiger partial charge on any atom is 0.337 e. The number of anilines is 1. The number of hydrogen-bond acceptors (Lipinski definition) is 4. The van der Waals surface area contributed by atoms with E-state index in [9.17, 15) is 17.6 Å². The standard InChI is InChI=1S/C10H12FNO5S/c1-17-4-5-18(15,16)12-9-3-2-7(11)6-8(9)10(13)14/h2-3,6,12H,4-5H2,1H3,(H,13,14). The van der Waals surface area contributed by atoms with E-state index in [4.69, 9.17) is 5.11 Å². The lowest BCUT2D eigenvalue weighted by Crippen LogP contribution is -2.21. The topological polar surface area (TPSA) is 92.7 Å². The van der Waals surface area contributed by atoms with Gasteiger partial charge in [-0.05, 0) is 18.2 Å². The van der Waals surface area contributed by atoms with E-state index in [0.717, 1.165) is 18.2 Å². The molecule has 1 aromatic carbocycles. The molecule has 0 fully saturated rings. The summed E-state index contributed by atoms with van der Waals surface area (Å²) in [4.78, 5) is 10.8. The normalized spacial score (nSPS) is 11.2. The number of nitrogens with one attached hydrogen (secondary N) is 1. The Morgan fingerprint density at radius 1 is 1.50 bits per heavy atom. The molecule has 8 heteroatoms. The highest BCUT2D eigenvalue weighted by molar-refractivity contribution is 7.92. The summed E-state index contributed by atoms with van der Waals surface area (Å²) in [6.07, 6.45) is 0. The van der Waals surface area contributed by atoms with Crippen molar-refractivity contribution in [3.8, 4) is 0 Å². The van der Waals surface area contributed by atoms with Crippen LogP contribution in [0.5, 0.6) is 0 Å². The van der Waals surface area contributed by atoms with Gasteiger partial charge in [-0.25, -0.2) is 17.6 Å². The van der Waals surface area contributed by atoms with Crippen molar-refractivity contribution in [1.29, 1.82) is 0 Å². The Balaban J connectivity index is 3.01. The Kier molecular flexibility index (Phi) is 4.62. The van der Waals surface area contributed by atoms with Crippen molar-refractivity contribution in [2.75, 3.05) is 24.2 Å². The van der Waals surface area contributed by atoms with Crippen LogP contribution in [0.3, 0.4) is 0 Å². The Labute approximate surface area is 103 Å². The summed E-state index contributed by atoms with van der Waals surface area (Å²) in [5, 5.41) is 8.84. The number of ether oxygens (including phenoxy) is 1. The van der Waals surface area contributed by atoms with Gasteiger partial charge in [0, 0.05) is 7.11 Å². The lowest BCUT2D eigenvalue weighted by molar-refractivity contribution is 0.0697. The lowest BCUT2D eigenvalue weighted by atomic mass is 10.2. The number of sulfonamides is 1. The monoisotopic (exact) mass is 277 g/mol. The molecule has 0 saturated carbocycles. The largest absolute Gasteiger partial charge is 0.478 e. The highest BCUT2D eigenvalue weighted by Gasteiger charge is 2.16. The van der Waals surface area contributed by atoms with Gasteiger partial charge in [-0.2, -0.15) is 0 Å². The number of methoxy groups -OCH3 is 1. The predicted octanol–water partition coefficient (Wildman–Crippen LogP) is 0.912. The van der Waals surface area contributed by atoms with Gasteiger partial charge >= 0.3 is 5.97 Å². The summed E-state index contributed by atoms with van der Waals surface area (Å²) in [7, 11) is -2.38. The van der Waals surface area contributed by atoms with Crippen LogP contribution in [0.15, 0.2) is 18.2 Å². The van der Waals surface area contributed by atoms with E-state index >= 15 is 0 Å². The molecule has 0 aromatic heterocycles. The van der Waals surface area contributed by atoms with E-state index in [1.54, 1.807) is 0 Å². The van der Waals surface area contributed by atoms with Crippen LogP contribution >= 0.6 is 0 Å². The first-order valence-corrected chi connectivity index (χ1v) is 6.53. The zero-order valence-electron chi connectivity index (χ0n) is 9.51. The van der Waals surface area contributed by atoms with Gasteiger partial charge in [-0.1, -0.05) is 0 Å². The molecule has 0 unspecified atom stereocenters. The van der Waals surface area contributed by atoms with Crippen LogP contribution in [0.4, 0.5) is 10.1 Å². The third kappa shape index (κ3) is 3.97. The van der Waals surface area contributed by atoms with E-state index in [1.165, 1.54) is 7.11 Å². The average Bonchev–Trinajstić information content (AvgIpc) is 2.28. The molecule has 18 heavy (non-hydrogen) atoms. The van der Waals surface area contributed by atoms with Crippen LogP contribution in [0.25, 0.3) is 0 Å². The molecular weight excluding hydrogens is 265 g/mol. The van der Waals surface area contributed by atoms with Crippen molar-refractivity contribution in [3.05, 3.63) is 29.6 Å². The molecule has 0 spiro atoms. The summed E-state index contributed by atoms with van der Waals surface area (Å²) < 4.78 is 42.7. The zero-order chi connectivity index (χ0) is 13.8. The number of aromatic carboxylic acids is 1. The summed E-state index contributed by atoms with van der Waals surface area (Å²) in [5.41, 5.74) is -0.629. The molecule has 0 saturated heterocycles. The van der Waals surface area contributed by atoms with E-state index < -0.39 is 27.4 Å². The van der Waals surface area contributed by atoms with Gasteiger partial charge in [0.05, 0.1) is 23.6 Å². The Bertz CT molecular complexity index is 543. The molecule has 100 valence electrons. The average molecular weight is 277 g/mol. The number of carbonyl (C=O) groups is 1.